The Hall–Kier alpha value is -7.45. The normalized spacial score (nSPS) is 12.1. The minimum absolute atomic E-state index is 0.888. The molecule has 3 nitrogen and oxygen atoms in total. The highest BCUT2D eigenvalue weighted by molar-refractivity contribution is 7.70. The molecule has 294 valence electrons. The fourth-order valence-corrected chi connectivity index (χ4v) is 10.9. The van der Waals surface area contributed by atoms with Crippen LogP contribution in [0.2, 0.25) is 0 Å². The number of nitrogens with zero attached hydrogens (tertiary/aromatic N) is 2. The van der Waals surface area contributed by atoms with Crippen LogP contribution in [-0.2, 0) is 4.57 Å². The van der Waals surface area contributed by atoms with Crippen molar-refractivity contribution >= 4 is 77.6 Å². The molecule has 0 unspecified atom stereocenters. The van der Waals surface area contributed by atoms with Crippen LogP contribution in [0.25, 0.3) is 110 Å². The van der Waals surface area contributed by atoms with Crippen molar-refractivity contribution in [3.05, 3.63) is 212 Å². The van der Waals surface area contributed by atoms with Gasteiger partial charge < -0.3 is 13.7 Å². The number of hydrogen-bond donors (Lipinski definition) is 0. The third-order valence-electron chi connectivity index (χ3n) is 12.8. The van der Waals surface area contributed by atoms with Crippen LogP contribution in [0, 0.1) is 0 Å². The largest absolute Gasteiger partial charge is 0.319 e. The van der Waals surface area contributed by atoms with Gasteiger partial charge in [-0.05, 0) is 129 Å². The van der Waals surface area contributed by atoms with Crippen molar-refractivity contribution in [3.63, 3.8) is 0 Å². The average Bonchev–Trinajstić information content (AvgIpc) is 3.84. The highest BCUT2D eigenvalue weighted by Gasteiger charge is 2.20. The summed E-state index contributed by atoms with van der Waals surface area (Å²) in [5, 5.41) is 10.7. The Kier molecular flexibility index (Phi) is 8.26. The standard InChI is InChI=1S/C58H41N2OP/c1-62(2,61)44-15-13-14-40(36-44)41-30-35-51-52(37-41)58(39-28-33-43(34-29-39)60-55-24-11-7-18-47(55)48-19-8-12-25-56(48)60)50-21-4-3-20-49(50)57(51)38-26-31-42(32-27-38)59-53-22-9-5-16-45(53)46-17-6-10-23-54(46)59/h3-37H,1-2H3. The Morgan fingerprint density at radius 3 is 1.10 bits per heavy atom. The molecular formula is C58H41N2OP. The predicted molar refractivity (Wildman–Crippen MR) is 266 cm³/mol. The maximum Gasteiger partial charge on any atom is 0.109 e. The topological polar surface area (TPSA) is 26.9 Å². The summed E-state index contributed by atoms with van der Waals surface area (Å²) >= 11 is 0. The van der Waals surface area contributed by atoms with Gasteiger partial charge in [-0.3, -0.25) is 0 Å². The molecule has 10 aromatic carbocycles. The van der Waals surface area contributed by atoms with Crippen LogP contribution in [0.1, 0.15) is 0 Å². The monoisotopic (exact) mass is 812 g/mol. The Morgan fingerprint density at radius 2 is 0.661 bits per heavy atom. The van der Waals surface area contributed by atoms with Crippen LogP contribution in [-0.4, -0.2) is 22.5 Å². The van der Waals surface area contributed by atoms with Crippen LogP contribution in [0.3, 0.4) is 0 Å². The molecular weight excluding hydrogens is 772 g/mol. The van der Waals surface area contributed by atoms with Crippen LogP contribution < -0.4 is 5.30 Å². The Labute approximate surface area is 360 Å². The molecule has 0 atom stereocenters. The van der Waals surface area contributed by atoms with Crippen molar-refractivity contribution in [2.24, 2.45) is 0 Å². The number of para-hydroxylation sites is 4. The van der Waals surface area contributed by atoms with Gasteiger partial charge in [-0.2, -0.15) is 0 Å². The van der Waals surface area contributed by atoms with Crippen LogP contribution >= 0.6 is 7.14 Å². The molecule has 12 rings (SSSR count). The van der Waals surface area contributed by atoms with Crippen molar-refractivity contribution in [1.82, 2.24) is 9.13 Å². The van der Waals surface area contributed by atoms with Gasteiger partial charge in [0.1, 0.15) is 7.14 Å². The van der Waals surface area contributed by atoms with Crippen molar-refractivity contribution < 1.29 is 4.57 Å². The lowest BCUT2D eigenvalue weighted by atomic mass is 9.85. The zero-order chi connectivity index (χ0) is 41.5. The first-order valence-electron chi connectivity index (χ1n) is 21.2. The number of fused-ring (bicyclic) bond motifs is 8. The second-order valence-electron chi connectivity index (χ2n) is 16.8. The van der Waals surface area contributed by atoms with Crippen molar-refractivity contribution in [3.8, 4) is 44.8 Å². The lowest BCUT2D eigenvalue weighted by molar-refractivity contribution is 0.588. The third-order valence-corrected chi connectivity index (χ3v) is 14.3. The van der Waals surface area contributed by atoms with Crippen LogP contribution in [0.15, 0.2) is 212 Å². The zero-order valence-corrected chi connectivity index (χ0v) is 35.4. The summed E-state index contributed by atoms with van der Waals surface area (Å²) in [5.41, 5.74) is 13.9. The predicted octanol–water partition coefficient (Wildman–Crippen LogP) is 15.4. The summed E-state index contributed by atoms with van der Waals surface area (Å²) in [6, 6.07) is 76.9. The summed E-state index contributed by atoms with van der Waals surface area (Å²) in [5.74, 6) is 0. The van der Waals surface area contributed by atoms with E-state index in [2.05, 4.69) is 209 Å². The first-order chi connectivity index (χ1) is 30.4. The molecule has 2 heterocycles. The van der Waals surface area contributed by atoms with Crippen molar-refractivity contribution in [1.29, 1.82) is 0 Å². The molecule has 4 heteroatoms. The maximum absolute atomic E-state index is 13.3. The molecule has 0 N–H and O–H groups in total. The molecule has 0 saturated heterocycles. The van der Waals surface area contributed by atoms with E-state index in [9.17, 15) is 4.57 Å². The van der Waals surface area contributed by atoms with Crippen LogP contribution in [0.5, 0.6) is 0 Å². The number of benzene rings is 10. The average molecular weight is 813 g/mol. The van der Waals surface area contributed by atoms with E-state index in [1.165, 1.54) is 76.3 Å². The van der Waals surface area contributed by atoms with Gasteiger partial charge in [0, 0.05) is 38.2 Å². The Morgan fingerprint density at radius 1 is 0.306 bits per heavy atom. The lowest BCUT2D eigenvalue weighted by Crippen LogP contribution is -2.02. The van der Waals surface area contributed by atoms with Gasteiger partial charge in [0.25, 0.3) is 0 Å². The Bertz CT molecular complexity index is 3680. The van der Waals surface area contributed by atoms with E-state index in [0.717, 1.165) is 38.9 Å². The molecule has 2 aromatic heterocycles. The van der Waals surface area contributed by atoms with Gasteiger partial charge in [-0.15, -0.1) is 0 Å². The summed E-state index contributed by atoms with van der Waals surface area (Å²) in [7, 11) is -2.46. The molecule has 0 amide bonds. The fourth-order valence-electron chi connectivity index (χ4n) is 9.96. The van der Waals surface area contributed by atoms with E-state index in [1.54, 1.807) is 0 Å². The fraction of sp³-hybridized carbons (Fsp3) is 0.0345. The smallest absolute Gasteiger partial charge is 0.109 e. The maximum atomic E-state index is 13.3. The van der Waals surface area contributed by atoms with Crippen molar-refractivity contribution in [2.45, 2.75) is 0 Å². The molecule has 0 aliphatic rings. The highest BCUT2D eigenvalue weighted by atomic mass is 31.2. The Balaban J connectivity index is 1.07. The second-order valence-corrected chi connectivity index (χ2v) is 20.0. The molecule has 0 fully saturated rings. The van der Waals surface area contributed by atoms with Crippen LogP contribution in [0.4, 0.5) is 0 Å². The number of hydrogen-bond acceptors (Lipinski definition) is 1. The summed E-state index contributed by atoms with van der Waals surface area (Å²) in [4.78, 5) is 0. The third kappa shape index (κ3) is 5.70. The summed E-state index contributed by atoms with van der Waals surface area (Å²) in [6.45, 7) is 3.69. The molecule has 0 spiro atoms. The van der Waals surface area contributed by atoms with Gasteiger partial charge in [-0.25, -0.2) is 0 Å². The van der Waals surface area contributed by atoms with Gasteiger partial charge in [0.2, 0.25) is 0 Å². The first-order valence-corrected chi connectivity index (χ1v) is 23.8. The first kappa shape index (κ1) is 36.4. The molecule has 0 aliphatic carbocycles. The van der Waals surface area contributed by atoms with Crippen molar-refractivity contribution in [2.75, 3.05) is 13.3 Å². The SMILES string of the molecule is CP(C)(=O)c1cccc(-c2ccc3c(-c4ccc(-n5c6ccccc6c6ccccc65)cc4)c4ccccc4c(-c4ccc(-n5c6ccccc6c6ccccc65)cc4)c3c2)c1. The molecule has 0 aliphatic heterocycles. The zero-order valence-electron chi connectivity index (χ0n) is 34.5. The quantitative estimate of drug-likeness (QED) is 0.121. The minimum atomic E-state index is -2.46. The van der Waals surface area contributed by atoms with E-state index in [-0.39, 0.29) is 0 Å². The minimum Gasteiger partial charge on any atom is -0.319 e. The summed E-state index contributed by atoms with van der Waals surface area (Å²) in [6.07, 6.45) is 0. The number of aromatic nitrogens is 2. The number of rotatable bonds is 6. The van der Waals surface area contributed by atoms with E-state index in [1.807, 2.05) is 25.5 Å². The summed E-state index contributed by atoms with van der Waals surface area (Å²) < 4.78 is 18.0. The molecule has 62 heavy (non-hydrogen) atoms. The molecule has 0 saturated carbocycles. The molecule has 12 aromatic rings. The highest BCUT2D eigenvalue weighted by Crippen LogP contribution is 2.46. The molecule has 0 radical (unpaired) electrons. The van der Waals surface area contributed by atoms with E-state index >= 15 is 0 Å². The van der Waals surface area contributed by atoms with E-state index < -0.39 is 7.14 Å². The van der Waals surface area contributed by atoms with Gasteiger partial charge in [-0.1, -0.05) is 152 Å². The lowest BCUT2D eigenvalue weighted by Gasteiger charge is -2.19. The van der Waals surface area contributed by atoms with E-state index in [0.29, 0.717) is 0 Å². The molecule has 0 bridgehead atoms. The van der Waals surface area contributed by atoms with Gasteiger partial charge >= 0.3 is 0 Å². The second kappa shape index (κ2) is 14.1. The van der Waals surface area contributed by atoms with Gasteiger partial charge in [0.05, 0.1) is 22.1 Å². The van der Waals surface area contributed by atoms with Gasteiger partial charge in [0.15, 0.2) is 0 Å². The van der Waals surface area contributed by atoms with E-state index in [4.69, 9.17) is 0 Å².